The summed E-state index contributed by atoms with van der Waals surface area (Å²) in [6.07, 6.45) is 6.56. The fourth-order valence-electron chi connectivity index (χ4n) is 2.98. The third-order valence-electron chi connectivity index (χ3n) is 3.86. The van der Waals surface area contributed by atoms with Crippen LogP contribution in [0.4, 0.5) is 0 Å². The molecule has 1 aliphatic rings. The van der Waals surface area contributed by atoms with Gasteiger partial charge in [-0.25, -0.2) is 0 Å². The number of hydrogen-bond donors (Lipinski definition) is 1. The first kappa shape index (κ1) is 17.7. The number of hydrogen-bond acceptors (Lipinski definition) is 2. The lowest BCUT2D eigenvalue weighted by atomic mass is 9.78. The van der Waals surface area contributed by atoms with Gasteiger partial charge in [0, 0.05) is 13.1 Å². The standard InChI is InChI=1S/C14H28N2O.ClH/c1-4-7-12(15)13(17)16-10-6-9-14(3,11-16)8-5-2;/h12H,4-11,15H2,1-3H3;1H. The largest absolute Gasteiger partial charge is 0.341 e. The normalized spacial score (nSPS) is 25.4. The number of amides is 1. The Hall–Kier alpha value is -0.280. The summed E-state index contributed by atoms with van der Waals surface area (Å²) in [6.45, 7) is 8.40. The molecule has 18 heavy (non-hydrogen) atoms. The van der Waals surface area contributed by atoms with Crippen LogP contribution in [0.1, 0.15) is 59.3 Å². The van der Waals surface area contributed by atoms with E-state index >= 15 is 0 Å². The summed E-state index contributed by atoms with van der Waals surface area (Å²) in [5, 5.41) is 0. The van der Waals surface area contributed by atoms with E-state index in [0.717, 1.165) is 32.4 Å². The van der Waals surface area contributed by atoms with Crippen LogP contribution < -0.4 is 5.73 Å². The Labute approximate surface area is 118 Å². The van der Waals surface area contributed by atoms with Crippen molar-refractivity contribution in [2.75, 3.05) is 13.1 Å². The number of piperidine rings is 1. The average molecular weight is 277 g/mol. The molecule has 0 aromatic heterocycles. The van der Waals surface area contributed by atoms with Crippen molar-refractivity contribution < 1.29 is 4.79 Å². The number of halogens is 1. The van der Waals surface area contributed by atoms with Crippen molar-refractivity contribution in [3.8, 4) is 0 Å². The van der Waals surface area contributed by atoms with Crippen LogP contribution in [0.3, 0.4) is 0 Å². The van der Waals surface area contributed by atoms with Gasteiger partial charge in [-0.2, -0.15) is 0 Å². The zero-order valence-electron chi connectivity index (χ0n) is 12.1. The number of carbonyl (C=O) groups excluding carboxylic acids is 1. The Morgan fingerprint density at radius 2 is 2.06 bits per heavy atom. The molecular weight excluding hydrogens is 248 g/mol. The quantitative estimate of drug-likeness (QED) is 0.839. The molecule has 1 heterocycles. The van der Waals surface area contributed by atoms with Crippen molar-refractivity contribution in [2.24, 2.45) is 11.1 Å². The van der Waals surface area contributed by atoms with E-state index in [2.05, 4.69) is 20.8 Å². The molecule has 0 aromatic rings. The molecule has 0 radical (unpaired) electrons. The van der Waals surface area contributed by atoms with Gasteiger partial charge in [-0.15, -0.1) is 12.4 Å². The smallest absolute Gasteiger partial charge is 0.239 e. The molecule has 1 rings (SSSR count). The molecule has 3 nitrogen and oxygen atoms in total. The molecule has 2 atom stereocenters. The zero-order valence-corrected chi connectivity index (χ0v) is 12.9. The van der Waals surface area contributed by atoms with E-state index < -0.39 is 0 Å². The van der Waals surface area contributed by atoms with Gasteiger partial charge in [-0.1, -0.05) is 33.6 Å². The highest BCUT2D eigenvalue weighted by molar-refractivity contribution is 5.85. The Morgan fingerprint density at radius 1 is 1.39 bits per heavy atom. The first-order valence-electron chi connectivity index (χ1n) is 7.07. The van der Waals surface area contributed by atoms with Gasteiger partial charge in [-0.05, 0) is 31.1 Å². The minimum atomic E-state index is -0.288. The number of rotatable bonds is 5. The van der Waals surface area contributed by atoms with Gasteiger partial charge in [-0.3, -0.25) is 4.79 Å². The Bertz CT molecular complexity index is 256. The minimum Gasteiger partial charge on any atom is -0.341 e. The molecular formula is C14H29ClN2O. The maximum atomic E-state index is 12.2. The van der Waals surface area contributed by atoms with E-state index in [1.807, 2.05) is 4.90 Å². The lowest BCUT2D eigenvalue weighted by Gasteiger charge is -2.41. The summed E-state index contributed by atoms with van der Waals surface area (Å²) < 4.78 is 0. The topological polar surface area (TPSA) is 46.3 Å². The van der Waals surface area contributed by atoms with Crippen molar-refractivity contribution in [2.45, 2.75) is 65.3 Å². The monoisotopic (exact) mass is 276 g/mol. The van der Waals surface area contributed by atoms with Crippen molar-refractivity contribution in [1.29, 1.82) is 0 Å². The second kappa shape index (κ2) is 8.00. The molecule has 108 valence electrons. The van der Waals surface area contributed by atoms with Gasteiger partial charge >= 0.3 is 0 Å². The fraction of sp³-hybridized carbons (Fsp3) is 0.929. The number of nitrogens with two attached hydrogens (primary N) is 1. The van der Waals surface area contributed by atoms with E-state index in [-0.39, 0.29) is 24.4 Å². The highest BCUT2D eigenvalue weighted by atomic mass is 35.5. The van der Waals surface area contributed by atoms with Gasteiger partial charge in [0.15, 0.2) is 0 Å². The second-order valence-corrected chi connectivity index (χ2v) is 5.82. The highest BCUT2D eigenvalue weighted by Gasteiger charge is 2.33. The van der Waals surface area contributed by atoms with Gasteiger partial charge in [0.2, 0.25) is 5.91 Å². The lowest BCUT2D eigenvalue weighted by Crippen LogP contribution is -2.50. The predicted molar refractivity (Wildman–Crippen MR) is 79.0 cm³/mol. The first-order chi connectivity index (χ1) is 8.02. The van der Waals surface area contributed by atoms with Crippen LogP contribution in [-0.2, 0) is 4.79 Å². The van der Waals surface area contributed by atoms with E-state index in [9.17, 15) is 4.79 Å². The molecule has 0 aromatic carbocycles. The van der Waals surface area contributed by atoms with Crippen LogP contribution in [0.15, 0.2) is 0 Å². The van der Waals surface area contributed by atoms with Gasteiger partial charge in [0.05, 0.1) is 6.04 Å². The zero-order chi connectivity index (χ0) is 12.9. The molecule has 0 bridgehead atoms. The molecule has 0 saturated carbocycles. The second-order valence-electron chi connectivity index (χ2n) is 5.82. The third-order valence-corrected chi connectivity index (χ3v) is 3.86. The van der Waals surface area contributed by atoms with Crippen LogP contribution in [0.25, 0.3) is 0 Å². The number of nitrogens with zero attached hydrogens (tertiary/aromatic N) is 1. The SMILES string of the molecule is CCCC(N)C(=O)N1CCCC(C)(CCC)C1.Cl. The molecule has 0 spiro atoms. The summed E-state index contributed by atoms with van der Waals surface area (Å²) in [7, 11) is 0. The molecule has 1 saturated heterocycles. The maximum Gasteiger partial charge on any atom is 0.239 e. The molecule has 2 N–H and O–H groups in total. The van der Waals surface area contributed by atoms with E-state index in [0.29, 0.717) is 5.41 Å². The molecule has 1 aliphatic heterocycles. The summed E-state index contributed by atoms with van der Waals surface area (Å²) in [4.78, 5) is 14.2. The molecule has 0 aliphatic carbocycles. The molecule has 2 unspecified atom stereocenters. The summed E-state index contributed by atoms with van der Waals surface area (Å²) in [6, 6.07) is -0.288. The minimum absolute atomic E-state index is 0. The van der Waals surface area contributed by atoms with Gasteiger partial charge in [0.1, 0.15) is 0 Å². The first-order valence-corrected chi connectivity index (χ1v) is 7.07. The average Bonchev–Trinajstić information content (AvgIpc) is 2.28. The van der Waals surface area contributed by atoms with E-state index in [4.69, 9.17) is 5.73 Å². The van der Waals surface area contributed by atoms with Crippen LogP contribution in [0.5, 0.6) is 0 Å². The Kier molecular flexibility index (Phi) is 7.88. The van der Waals surface area contributed by atoms with Crippen LogP contribution in [0, 0.1) is 5.41 Å². The van der Waals surface area contributed by atoms with Crippen molar-refractivity contribution >= 4 is 18.3 Å². The summed E-state index contributed by atoms with van der Waals surface area (Å²) >= 11 is 0. The lowest BCUT2D eigenvalue weighted by molar-refractivity contribution is -0.136. The molecule has 1 fully saturated rings. The van der Waals surface area contributed by atoms with Crippen molar-refractivity contribution in [3.05, 3.63) is 0 Å². The Morgan fingerprint density at radius 3 is 2.61 bits per heavy atom. The van der Waals surface area contributed by atoms with Crippen molar-refractivity contribution in [3.63, 3.8) is 0 Å². The highest BCUT2D eigenvalue weighted by Crippen LogP contribution is 2.34. The summed E-state index contributed by atoms with van der Waals surface area (Å²) in [5.41, 5.74) is 6.24. The maximum absolute atomic E-state index is 12.2. The molecule has 4 heteroatoms. The summed E-state index contributed by atoms with van der Waals surface area (Å²) in [5.74, 6) is 0.161. The predicted octanol–water partition coefficient (Wildman–Crippen LogP) is 2.96. The fourth-order valence-corrected chi connectivity index (χ4v) is 2.98. The van der Waals surface area contributed by atoms with Crippen molar-refractivity contribution in [1.82, 2.24) is 4.90 Å². The van der Waals surface area contributed by atoms with Crippen LogP contribution in [-0.4, -0.2) is 29.9 Å². The van der Waals surface area contributed by atoms with E-state index in [1.165, 1.54) is 19.3 Å². The molecule has 1 amide bonds. The van der Waals surface area contributed by atoms with Gasteiger partial charge < -0.3 is 10.6 Å². The number of likely N-dealkylation sites (tertiary alicyclic amines) is 1. The van der Waals surface area contributed by atoms with Crippen LogP contribution >= 0.6 is 12.4 Å². The van der Waals surface area contributed by atoms with E-state index in [1.54, 1.807) is 0 Å². The van der Waals surface area contributed by atoms with Gasteiger partial charge in [0.25, 0.3) is 0 Å². The Balaban J connectivity index is 0.00000289. The third kappa shape index (κ3) is 4.77. The number of carbonyl (C=O) groups is 1. The van der Waals surface area contributed by atoms with Crippen LogP contribution in [0.2, 0.25) is 0 Å².